The summed E-state index contributed by atoms with van der Waals surface area (Å²) in [5.41, 5.74) is 5.96. The Morgan fingerprint density at radius 1 is 0.938 bits per heavy atom. The second kappa shape index (κ2) is 4.22. The van der Waals surface area contributed by atoms with E-state index in [-0.39, 0.29) is 5.28 Å². The SMILES string of the molecule is Cc1cc(C)c(-c2cnc(Cl)nc2)c(C)c1. The maximum absolute atomic E-state index is 5.68. The van der Waals surface area contributed by atoms with Gasteiger partial charge < -0.3 is 0 Å². The van der Waals surface area contributed by atoms with Crippen molar-refractivity contribution in [2.75, 3.05) is 0 Å². The number of nitrogens with zero attached hydrogens (tertiary/aromatic N) is 2. The Kier molecular flexibility index (Phi) is 2.92. The van der Waals surface area contributed by atoms with Crippen LogP contribution in [0.15, 0.2) is 24.5 Å². The van der Waals surface area contributed by atoms with Crippen LogP contribution in [0.2, 0.25) is 5.28 Å². The van der Waals surface area contributed by atoms with Gasteiger partial charge in [0.25, 0.3) is 0 Å². The molecule has 0 saturated carbocycles. The summed E-state index contributed by atoms with van der Waals surface area (Å²) in [6, 6.07) is 4.33. The quantitative estimate of drug-likeness (QED) is 0.701. The summed E-state index contributed by atoms with van der Waals surface area (Å²) in [7, 11) is 0. The smallest absolute Gasteiger partial charge is 0.222 e. The molecular weight excluding hydrogens is 220 g/mol. The van der Waals surface area contributed by atoms with E-state index in [2.05, 4.69) is 42.9 Å². The molecular formula is C13H13ClN2. The molecule has 0 spiro atoms. The number of hydrogen-bond donors (Lipinski definition) is 0. The van der Waals surface area contributed by atoms with Crippen molar-refractivity contribution in [1.82, 2.24) is 9.97 Å². The molecule has 0 unspecified atom stereocenters. The van der Waals surface area contributed by atoms with E-state index in [1.807, 2.05) is 0 Å². The second-order valence-electron chi connectivity index (χ2n) is 4.01. The summed E-state index contributed by atoms with van der Waals surface area (Å²) in [6.45, 7) is 6.30. The molecule has 0 saturated heterocycles. The maximum Gasteiger partial charge on any atom is 0.222 e. The van der Waals surface area contributed by atoms with Crippen molar-refractivity contribution in [1.29, 1.82) is 0 Å². The van der Waals surface area contributed by atoms with Gasteiger partial charge in [-0.05, 0) is 49.1 Å². The second-order valence-corrected chi connectivity index (χ2v) is 4.35. The average Bonchev–Trinajstić information content (AvgIpc) is 2.19. The first kappa shape index (κ1) is 11.1. The van der Waals surface area contributed by atoms with Crippen LogP contribution in [0.5, 0.6) is 0 Å². The number of halogens is 1. The lowest BCUT2D eigenvalue weighted by Crippen LogP contribution is -1.92. The Hall–Kier alpha value is -1.41. The molecule has 0 amide bonds. The van der Waals surface area contributed by atoms with Gasteiger partial charge in [-0.25, -0.2) is 9.97 Å². The maximum atomic E-state index is 5.68. The van der Waals surface area contributed by atoms with Crippen LogP contribution in [0.3, 0.4) is 0 Å². The molecule has 16 heavy (non-hydrogen) atoms. The number of benzene rings is 1. The van der Waals surface area contributed by atoms with Crippen molar-refractivity contribution in [2.45, 2.75) is 20.8 Å². The molecule has 2 aromatic rings. The van der Waals surface area contributed by atoms with E-state index in [4.69, 9.17) is 11.6 Å². The normalized spacial score (nSPS) is 10.5. The van der Waals surface area contributed by atoms with Crippen LogP contribution >= 0.6 is 11.6 Å². The van der Waals surface area contributed by atoms with Crippen LogP contribution < -0.4 is 0 Å². The van der Waals surface area contributed by atoms with Crippen LogP contribution in [-0.2, 0) is 0 Å². The molecule has 0 aliphatic rings. The zero-order valence-electron chi connectivity index (χ0n) is 9.58. The summed E-state index contributed by atoms with van der Waals surface area (Å²) < 4.78 is 0. The van der Waals surface area contributed by atoms with Gasteiger partial charge in [0.1, 0.15) is 0 Å². The first-order valence-electron chi connectivity index (χ1n) is 5.13. The molecule has 0 aliphatic heterocycles. The van der Waals surface area contributed by atoms with E-state index < -0.39 is 0 Å². The number of aromatic nitrogens is 2. The Bertz CT molecular complexity index is 495. The van der Waals surface area contributed by atoms with E-state index in [0.29, 0.717) is 0 Å². The highest BCUT2D eigenvalue weighted by atomic mass is 35.5. The standard InChI is InChI=1S/C13H13ClN2/c1-8-4-9(2)12(10(3)5-8)11-6-15-13(14)16-7-11/h4-7H,1-3H3. The Morgan fingerprint density at radius 2 is 1.44 bits per heavy atom. The van der Waals surface area contributed by atoms with Crippen molar-refractivity contribution in [3.05, 3.63) is 46.5 Å². The van der Waals surface area contributed by atoms with E-state index in [9.17, 15) is 0 Å². The summed E-state index contributed by atoms with van der Waals surface area (Å²) >= 11 is 5.68. The van der Waals surface area contributed by atoms with Crippen LogP contribution in [0, 0.1) is 20.8 Å². The highest BCUT2D eigenvalue weighted by Crippen LogP contribution is 2.27. The zero-order valence-corrected chi connectivity index (χ0v) is 10.3. The minimum Gasteiger partial charge on any atom is -0.226 e. The van der Waals surface area contributed by atoms with E-state index in [1.165, 1.54) is 22.3 Å². The number of aryl methyl sites for hydroxylation is 3. The van der Waals surface area contributed by atoms with Crippen LogP contribution in [0.1, 0.15) is 16.7 Å². The highest BCUT2D eigenvalue weighted by molar-refractivity contribution is 6.28. The fourth-order valence-corrected chi connectivity index (χ4v) is 2.17. The Balaban J connectivity index is 2.60. The van der Waals surface area contributed by atoms with E-state index in [1.54, 1.807) is 12.4 Å². The molecule has 2 nitrogen and oxygen atoms in total. The lowest BCUT2D eigenvalue weighted by Gasteiger charge is -2.10. The van der Waals surface area contributed by atoms with Gasteiger partial charge in [0.15, 0.2) is 0 Å². The molecule has 0 N–H and O–H groups in total. The van der Waals surface area contributed by atoms with E-state index >= 15 is 0 Å². The zero-order chi connectivity index (χ0) is 11.7. The topological polar surface area (TPSA) is 25.8 Å². The molecule has 1 aromatic heterocycles. The van der Waals surface area contributed by atoms with Gasteiger partial charge in [-0.1, -0.05) is 17.7 Å². The fourth-order valence-electron chi connectivity index (χ4n) is 2.08. The highest BCUT2D eigenvalue weighted by Gasteiger charge is 2.07. The number of hydrogen-bond acceptors (Lipinski definition) is 2. The predicted molar refractivity (Wildman–Crippen MR) is 66.7 cm³/mol. The monoisotopic (exact) mass is 232 g/mol. The molecule has 0 atom stereocenters. The van der Waals surface area contributed by atoms with Gasteiger partial charge in [0, 0.05) is 18.0 Å². The minimum atomic E-state index is 0.283. The van der Waals surface area contributed by atoms with Crippen molar-refractivity contribution in [3.8, 4) is 11.1 Å². The molecule has 82 valence electrons. The van der Waals surface area contributed by atoms with Crippen molar-refractivity contribution in [2.24, 2.45) is 0 Å². The van der Waals surface area contributed by atoms with Gasteiger partial charge >= 0.3 is 0 Å². The molecule has 0 fully saturated rings. The van der Waals surface area contributed by atoms with Crippen LogP contribution in [-0.4, -0.2) is 9.97 Å². The van der Waals surface area contributed by atoms with Crippen LogP contribution in [0.25, 0.3) is 11.1 Å². The largest absolute Gasteiger partial charge is 0.226 e. The Labute approximate surface area is 100 Å². The molecule has 0 bridgehead atoms. The summed E-state index contributed by atoms with van der Waals surface area (Å²) in [4.78, 5) is 8.03. The van der Waals surface area contributed by atoms with Crippen molar-refractivity contribution in [3.63, 3.8) is 0 Å². The average molecular weight is 233 g/mol. The third-order valence-electron chi connectivity index (χ3n) is 2.59. The lowest BCUT2D eigenvalue weighted by atomic mass is 9.96. The fraction of sp³-hybridized carbons (Fsp3) is 0.231. The molecule has 3 heteroatoms. The summed E-state index contributed by atoms with van der Waals surface area (Å²) in [5, 5.41) is 0.283. The molecule has 0 radical (unpaired) electrons. The first-order valence-corrected chi connectivity index (χ1v) is 5.51. The van der Waals surface area contributed by atoms with Gasteiger partial charge in [-0.2, -0.15) is 0 Å². The van der Waals surface area contributed by atoms with Gasteiger partial charge in [-0.15, -0.1) is 0 Å². The number of rotatable bonds is 1. The van der Waals surface area contributed by atoms with Crippen molar-refractivity contribution < 1.29 is 0 Å². The minimum absolute atomic E-state index is 0.283. The Morgan fingerprint density at radius 3 is 1.94 bits per heavy atom. The summed E-state index contributed by atoms with van der Waals surface area (Å²) in [5.74, 6) is 0. The van der Waals surface area contributed by atoms with Crippen molar-refractivity contribution >= 4 is 11.6 Å². The third kappa shape index (κ3) is 2.07. The molecule has 0 aliphatic carbocycles. The molecule has 1 heterocycles. The first-order chi connectivity index (χ1) is 7.58. The summed E-state index contributed by atoms with van der Waals surface area (Å²) in [6.07, 6.45) is 3.53. The molecule has 1 aromatic carbocycles. The van der Waals surface area contributed by atoms with E-state index in [0.717, 1.165) is 5.56 Å². The molecule has 2 rings (SSSR count). The third-order valence-corrected chi connectivity index (χ3v) is 2.78. The van der Waals surface area contributed by atoms with Gasteiger partial charge in [0.2, 0.25) is 5.28 Å². The van der Waals surface area contributed by atoms with Gasteiger partial charge in [-0.3, -0.25) is 0 Å². The lowest BCUT2D eigenvalue weighted by molar-refractivity contribution is 1.16. The predicted octanol–water partition coefficient (Wildman–Crippen LogP) is 3.72. The van der Waals surface area contributed by atoms with Crippen LogP contribution in [0.4, 0.5) is 0 Å². The van der Waals surface area contributed by atoms with Gasteiger partial charge in [0.05, 0.1) is 0 Å².